The van der Waals surface area contributed by atoms with Crippen LogP contribution in [0.2, 0.25) is 10.0 Å². The lowest BCUT2D eigenvalue weighted by molar-refractivity contribution is -0.138. The molecule has 4 nitrogen and oxygen atoms in total. The second-order valence-corrected chi connectivity index (χ2v) is 8.39. The summed E-state index contributed by atoms with van der Waals surface area (Å²) in [5, 5.41) is 9.22. The van der Waals surface area contributed by atoms with E-state index in [1.54, 1.807) is 24.3 Å². The Morgan fingerprint density at radius 2 is 1.65 bits per heavy atom. The molecule has 0 saturated heterocycles. The third-order valence-corrected chi connectivity index (χ3v) is 6.69. The van der Waals surface area contributed by atoms with Crippen LogP contribution in [-0.2, 0) is 14.6 Å². The van der Waals surface area contributed by atoms with Gasteiger partial charge in [0, 0.05) is 16.0 Å². The molecule has 3 atom stereocenters. The van der Waals surface area contributed by atoms with Gasteiger partial charge in [-0.05, 0) is 42.0 Å². The lowest BCUT2D eigenvalue weighted by atomic mass is 10.1. The number of hydrogen-bond acceptors (Lipinski definition) is 3. The van der Waals surface area contributed by atoms with E-state index in [-0.39, 0.29) is 4.90 Å². The Morgan fingerprint density at radius 3 is 2.22 bits per heavy atom. The smallest absolute Gasteiger partial charge is 0.308 e. The maximum absolute atomic E-state index is 12.7. The standard InChI is InChI=1S/C16H12Cl2O4S/c17-10-4-6-12(7-5-10)23(21,22)15-13(14(15)16(19)20)9-2-1-3-11(18)8-9/h1-8,13-15H,(H,19,20). The normalized spacial score (nSPS) is 23.5. The fraction of sp³-hybridized carbons (Fsp3) is 0.188. The third kappa shape index (κ3) is 2.96. The maximum Gasteiger partial charge on any atom is 0.308 e. The fourth-order valence-electron chi connectivity index (χ4n) is 2.86. The van der Waals surface area contributed by atoms with E-state index in [9.17, 15) is 18.3 Å². The molecule has 7 heteroatoms. The molecule has 1 fully saturated rings. The summed E-state index contributed by atoms with van der Waals surface area (Å²) in [6.45, 7) is 0. The average Bonchev–Trinajstić information content (AvgIpc) is 3.24. The number of sulfone groups is 1. The summed E-state index contributed by atoms with van der Waals surface area (Å²) in [5.74, 6) is -2.71. The molecule has 0 radical (unpaired) electrons. The van der Waals surface area contributed by atoms with Gasteiger partial charge in [-0.25, -0.2) is 8.42 Å². The van der Waals surface area contributed by atoms with Gasteiger partial charge in [-0.15, -0.1) is 0 Å². The number of hydrogen-bond donors (Lipinski definition) is 1. The zero-order valence-electron chi connectivity index (χ0n) is 11.7. The molecule has 3 unspecified atom stereocenters. The van der Waals surface area contributed by atoms with E-state index in [1.807, 2.05) is 0 Å². The van der Waals surface area contributed by atoms with Crippen LogP contribution in [0.5, 0.6) is 0 Å². The van der Waals surface area contributed by atoms with Gasteiger partial charge < -0.3 is 5.11 Å². The summed E-state index contributed by atoms with van der Waals surface area (Å²) in [6, 6.07) is 12.4. The molecule has 0 amide bonds. The number of rotatable bonds is 4. The Labute approximate surface area is 143 Å². The Kier molecular flexibility index (Phi) is 4.12. The average molecular weight is 371 g/mol. The summed E-state index contributed by atoms with van der Waals surface area (Å²) in [7, 11) is -3.77. The zero-order valence-corrected chi connectivity index (χ0v) is 14.0. The monoisotopic (exact) mass is 370 g/mol. The van der Waals surface area contributed by atoms with Crippen LogP contribution in [0.4, 0.5) is 0 Å². The van der Waals surface area contributed by atoms with Crippen LogP contribution in [0.15, 0.2) is 53.4 Å². The molecule has 1 N–H and O–H groups in total. The molecular weight excluding hydrogens is 359 g/mol. The van der Waals surface area contributed by atoms with E-state index in [0.717, 1.165) is 0 Å². The second kappa shape index (κ2) is 5.82. The van der Waals surface area contributed by atoms with Gasteiger partial charge >= 0.3 is 5.97 Å². The van der Waals surface area contributed by atoms with Crippen LogP contribution in [0, 0.1) is 5.92 Å². The number of carboxylic acids is 1. The number of aliphatic carboxylic acids is 1. The molecule has 1 aliphatic carbocycles. The number of carboxylic acid groups (broad SMARTS) is 1. The lowest BCUT2D eigenvalue weighted by Crippen LogP contribution is -2.13. The first kappa shape index (κ1) is 16.3. The molecule has 2 aromatic rings. The Bertz CT molecular complexity index is 862. The molecule has 0 spiro atoms. The van der Waals surface area contributed by atoms with E-state index < -0.39 is 32.9 Å². The zero-order chi connectivity index (χ0) is 16.8. The van der Waals surface area contributed by atoms with Crippen molar-refractivity contribution in [3.63, 3.8) is 0 Å². The molecule has 3 rings (SSSR count). The van der Waals surface area contributed by atoms with Crippen molar-refractivity contribution in [2.45, 2.75) is 16.1 Å². The van der Waals surface area contributed by atoms with Gasteiger partial charge in [0.05, 0.1) is 16.1 Å². The largest absolute Gasteiger partial charge is 0.481 e. The van der Waals surface area contributed by atoms with Gasteiger partial charge in [-0.3, -0.25) is 4.79 Å². The first-order valence-electron chi connectivity index (χ1n) is 6.80. The van der Waals surface area contributed by atoms with Crippen LogP contribution in [-0.4, -0.2) is 24.7 Å². The summed E-state index contributed by atoms with van der Waals surface area (Å²) in [5.41, 5.74) is 0.618. The van der Waals surface area contributed by atoms with Crippen molar-refractivity contribution in [3.05, 3.63) is 64.1 Å². The molecular formula is C16H12Cl2O4S. The topological polar surface area (TPSA) is 71.4 Å². The van der Waals surface area contributed by atoms with E-state index in [1.165, 1.54) is 24.3 Å². The van der Waals surface area contributed by atoms with Crippen LogP contribution in [0.3, 0.4) is 0 Å². The first-order valence-corrected chi connectivity index (χ1v) is 9.10. The molecule has 0 heterocycles. The SMILES string of the molecule is O=C(O)C1C(c2cccc(Cl)c2)C1S(=O)(=O)c1ccc(Cl)cc1. The Morgan fingerprint density at radius 1 is 1.00 bits per heavy atom. The second-order valence-electron chi connectivity index (χ2n) is 5.41. The minimum Gasteiger partial charge on any atom is -0.481 e. The molecule has 1 saturated carbocycles. The number of benzene rings is 2. The highest BCUT2D eigenvalue weighted by molar-refractivity contribution is 7.92. The van der Waals surface area contributed by atoms with Crippen LogP contribution < -0.4 is 0 Å². The number of halogens is 2. The summed E-state index contributed by atoms with van der Waals surface area (Å²) in [6.07, 6.45) is 0. The molecule has 23 heavy (non-hydrogen) atoms. The van der Waals surface area contributed by atoms with Crippen molar-refractivity contribution in [1.29, 1.82) is 0 Å². The fourth-order valence-corrected chi connectivity index (χ4v) is 5.30. The van der Waals surface area contributed by atoms with Crippen molar-refractivity contribution in [2.24, 2.45) is 5.92 Å². The van der Waals surface area contributed by atoms with Crippen LogP contribution in [0.25, 0.3) is 0 Å². The molecule has 1 aliphatic rings. The van der Waals surface area contributed by atoms with Crippen molar-refractivity contribution in [3.8, 4) is 0 Å². The lowest BCUT2D eigenvalue weighted by Gasteiger charge is -2.04. The van der Waals surface area contributed by atoms with E-state index in [0.29, 0.717) is 15.6 Å². The summed E-state index contributed by atoms with van der Waals surface area (Å²) < 4.78 is 25.5. The molecule has 2 aromatic carbocycles. The van der Waals surface area contributed by atoms with E-state index >= 15 is 0 Å². The van der Waals surface area contributed by atoms with Gasteiger partial charge in [0.15, 0.2) is 9.84 Å². The van der Waals surface area contributed by atoms with Crippen LogP contribution in [0.1, 0.15) is 11.5 Å². The van der Waals surface area contributed by atoms with Crippen molar-refractivity contribution in [1.82, 2.24) is 0 Å². The van der Waals surface area contributed by atoms with E-state index in [4.69, 9.17) is 23.2 Å². The van der Waals surface area contributed by atoms with Gasteiger partial charge in [0.25, 0.3) is 0 Å². The molecule has 0 aliphatic heterocycles. The Hall–Kier alpha value is -1.56. The highest BCUT2D eigenvalue weighted by Gasteiger charge is 2.63. The van der Waals surface area contributed by atoms with Crippen molar-refractivity contribution >= 4 is 39.0 Å². The molecule has 0 bridgehead atoms. The van der Waals surface area contributed by atoms with Crippen molar-refractivity contribution < 1.29 is 18.3 Å². The molecule has 120 valence electrons. The quantitative estimate of drug-likeness (QED) is 0.891. The molecule has 0 aromatic heterocycles. The first-order chi connectivity index (χ1) is 10.8. The van der Waals surface area contributed by atoms with Gasteiger partial charge in [0.2, 0.25) is 0 Å². The minimum atomic E-state index is -3.77. The van der Waals surface area contributed by atoms with Crippen molar-refractivity contribution in [2.75, 3.05) is 0 Å². The van der Waals surface area contributed by atoms with Crippen LogP contribution >= 0.6 is 23.2 Å². The third-order valence-electron chi connectivity index (χ3n) is 3.97. The van der Waals surface area contributed by atoms with Gasteiger partial charge in [-0.1, -0.05) is 35.3 Å². The number of carbonyl (C=O) groups is 1. The Balaban J connectivity index is 2.00. The highest BCUT2D eigenvalue weighted by Crippen LogP contribution is 2.54. The van der Waals surface area contributed by atoms with Gasteiger partial charge in [0.1, 0.15) is 0 Å². The highest BCUT2D eigenvalue weighted by atomic mass is 35.5. The van der Waals surface area contributed by atoms with Gasteiger partial charge in [-0.2, -0.15) is 0 Å². The summed E-state index contributed by atoms with van der Waals surface area (Å²) in [4.78, 5) is 11.5. The van der Waals surface area contributed by atoms with E-state index in [2.05, 4.69) is 0 Å². The summed E-state index contributed by atoms with van der Waals surface area (Å²) >= 11 is 11.7. The predicted molar refractivity (Wildman–Crippen MR) is 87.7 cm³/mol. The maximum atomic E-state index is 12.7. The minimum absolute atomic E-state index is 0.0719. The predicted octanol–water partition coefficient (Wildman–Crippen LogP) is 3.63.